The molecule has 0 N–H and O–H groups in total. The summed E-state index contributed by atoms with van der Waals surface area (Å²) in [4.78, 5) is 14.9. The molecule has 0 bridgehead atoms. The maximum absolute atomic E-state index is 10.2. The van der Waals surface area contributed by atoms with E-state index >= 15 is 0 Å². The average molecular weight is 264 g/mol. The van der Waals surface area contributed by atoms with Gasteiger partial charge in [0.2, 0.25) is 0 Å². The van der Waals surface area contributed by atoms with Gasteiger partial charge in [0.1, 0.15) is 6.29 Å². The van der Waals surface area contributed by atoms with Crippen LogP contribution >= 0.6 is 0 Å². The highest BCUT2D eigenvalue weighted by Crippen LogP contribution is 1.99. The first kappa shape index (κ1) is 17.8. The van der Waals surface area contributed by atoms with Crippen LogP contribution in [0, 0.1) is 6.92 Å². The first-order chi connectivity index (χ1) is 9.11. The van der Waals surface area contributed by atoms with Gasteiger partial charge in [0.15, 0.2) is 0 Å². The summed E-state index contributed by atoms with van der Waals surface area (Å²) in [6, 6.07) is 7.49. The van der Waals surface area contributed by atoms with Gasteiger partial charge in [-0.25, -0.2) is 0 Å². The third-order valence-corrected chi connectivity index (χ3v) is 2.91. The molecule has 2 rings (SSSR count). The molecule has 1 heterocycles. The van der Waals surface area contributed by atoms with Gasteiger partial charge in [0.25, 0.3) is 0 Å². The molecule has 0 amide bonds. The molecule has 0 saturated carbocycles. The van der Waals surface area contributed by atoms with Gasteiger partial charge in [-0.2, -0.15) is 0 Å². The van der Waals surface area contributed by atoms with E-state index in [9.17, 15) is 4.79 Å². The van der Waals surface area contributed by atoms with Gasteiger partial charge in [0, 0.05) is 31.7 Å². The number of aldehydes is 1. The molecule has 0 aromatic heterocycles. The zero-order valence-electron chi connectivity index (χ0n) is 13.0. The van der Waals surface area contributed by atoms with Crippen LogP contribution in [0.2, 0.25) is 0 Å². The molecular weight excluding hydrogens is 236 g/mol. The first-order valence-corrected chi connectivity index (χ1v) is 7.01. The second-order valence-corrected chi connectivity index (χ2v) is 4.64. The highest BCUT2D eigenvalue weighted by molar-refractivity contribution is 5.74. The Morgan fingerprint density at radius 2 is 1.47 bits per heavy atom. The van der Waals surface area contributed by atoms with Crippen LogP contribution in [0.5, 0.6) is 0 Å². The second kappa shape index (κ2) is 10.7. The molecule has 19 heavy (non-hydrogen) atoms. The maximum Gasteiger partial charge on any atom is 0.150 e. The van der Waals surface area contributed by atoms with Crippen molar-refractivity contribution in [2.45, 2.75) is 20.8 Å². The summed E-state index contributed by atoms with van der Waals surface area (Å²) >= 11 is 0. The highest BCUT2D eigenvalue weighted by atomic mass is 16.1. The van der Waals surface area contributed by atoms with E-state index < -0.39 is 0 Å². The molecule has 0 aliphatic carbocycles. The molecule has 1 fully saturated rings. The molecule has 0 atom stereocenters. The minimum Gasteiger partial charge on any atom is -0.304 e. The molecule has 1 saturated heterocycles. The van der Waals surface area contributed by atoms with Crippen molar-refractivity contribution in [3.8, 4) is 0 Å². The first-order valence-electron chi connectivity index (χ1n) is 7.01. The molecule has 3 nitrogen and oxygen atoms in total. The lowest BCUT2D eigenvalue weighted by atomic mass is 10.2. The molecule has 0 radical (unpaired) electrons. The van der Waals surface area contributed by atoms with Crippen molar-refractivity contribution < 1.29 is 4.79 Å². The quantitative estimate of drug-likeness (QED) is 0.729. The Morgan fingerprint density at radius 3 is 1.79 bits per heavy atom. The van der Waals surface area contributed by atoms with E-state index in [1.165, 1.54) is 26.2 Å². The number of rotatable bonds is 1. The van der Waals surface area contributed by atoms with Crippen molar-refractivity contribution in [2.24, 2.45) is 0 Å². The van der Waals surface area contributed by atoms with E-state index in [0.717, 1.165) is 17.4 Å². The van der Waals surface area contributed by atoms with Crippen molar-refractivity contribution in [2.75, 3.05) is 40.3 Å². The SMILES string of the molecule is CC.CN1CCN(C)CC1.Cc1cccc(C=O)c1. The normalized spacial score (nSPS) is 15.6. The second-order valence-electron chi connectivity index (χ2n) is 4.64. The Balaban J connectivity index is 0.000000303. The van der Waals surface area contributed by atoms with E-state index in [0.29, 0.717) is 0 Å². The van der Waals surface area contributed by atoms with Crippen molar-refractivity contribution in [1.29, 1.82) is 0 Å². The average Bonchev–Trinajstić information content (AvgIpc) is 2.45. The number of benzene rings is 1. The number of carbonyl (C=O) groups excluding carboxylic acids is 1. The predicted molar refractivity (Wildman–Crippen MR) is 82.9 cm³/mol. The third-order valence-electron chi connectivity index (χ3n) is 2.91. The van der Waals surface area contributed by atoms with Crippen LogP contribution in [0.4, 0.5) is 0 Å². The molecule has 1 aromatic carbocycles. The number of aryl methyl sites for hydroxylation is 1. The summed E-state index contributed by atoms with van der Waals surface area (Å²) in [6.07, 6.45) is 0.854. The lowest BCUT2D eigenvalue weighted by molar-refractivity contribution is 0.112. The number of hydrogen-bond acceptors (Lipinski definition) is 3. The van der Waals surface area contributed by atoms with E-state index in [2.05, 4.69) is 23.9 Å². The van der Waals surface area contributed by atoms with Gasteiger partial charge in [0.05, 0.1) is 0 Å². The summed E-state index contributed by atoms with van der Waals surface area (Å²) in [7, 11) is 4.35. The summed E-state index contributed by atoms with van der Waals surface area (Å²) in [5.41, 5.74) is 1.87. The van der Waals surface area contributed by atoms with Gasteiger partial charge < -0.3 is 9.80 Å². The van der Waals surface area contributed by atoms with Gasteiger partial charge in [-0.3, -0.25) is 4.79 Å². The van der Waals surface area contributed by atoms with Crippen molar-refractivity contribution in [3.63, 3.8) is 0 Å². The molecule has 1 aliphatic rings. The van der Waals surface area contributed by atoms with Gasteiger partial charge in [-0.05, 0) is 27.1 Å². The smallest absolute Gasteiger partial charge is 0.150 e. The van der Waals surface area contributed by atoms with Crippen molar-refractivity contribution >= 4 is 6.29 Å². The Kier molecular flexibility index (Phi) is 10.0. The fraction of sp³-hybridized carbons (Fsp3) is 0.562. The van der Waals surface area contributed by atoms with Crippen molar-refractivity contribution in [1.82, 2.24) is 9.80 Å². The van der Waals surface area contributed by atoms with Crippen LogP contribution in [-0.4, -0.2) is 56.4 Å². The van der Waals surface area contributed by atoms with Crippen LogP contribution in [0.1, 0.15) is 29.8 Å². The number of nitrogens with zero attached hydrogens (tertiary/aromatic N) is 2. The number of carbonyl (C=O) groups is 1. The van der Waals surface area contributed by atoms with Crippen LogP contribution < -0.4 is 0 Å². The van der Waals surface area contributed by atoms with Crippen LogP contribution in [0.25, 0.3) is 0 Å². The molecule has 108 valence electrons. The van der Waals surface area contributed by atoms with E-state index in [1.807, 2.05) is 39.0 Å². The fourth-order valence-corrected chi connectivity index (χ4v) is 1.65. The van der Waals surface area contributed by atoms with Gasteiger partial charge >= 0.3 is 0 Å². The zero-order chi connectivity index (χ0) is 14.7. The zero-order valence-corrected chi connectivity index (χ0v) is 13.0. The Hall–Kier alpha value is -1.19. The van der Waals surface area contributed by atoms with E-state index in [4.69, 9.17) is 0 Å². The molecule has 1 aromatic rings. The number of hydrogen-bond donors (Lipinski definition) is 0. The fourth-order valence-electron chi connectivity index (χ4n) is 1.65. The summed E-state index contributed by atoms with van der Waals surface area (Å²) in [5.74, 6) is 0. The Morgan fingerprint density at radius 1 is 1.00 bits per heavy atom. The molecule has 0 spiro atoms. The van der Waals surface area contributed by atoms with Gasteiger partial charge in [-0.1, -0.05) is 37.6 Å². The molecule has 0 unspecified atom stereocenters. The molecular formula is C16H28N2O. The number of piperazine rings is 1. The maximum atomic E-state index is 10.2. The lowest BCUT2D eigenvalue weighted by Gasteiger charge is -2.28. The van der Waals surface area contributed by atoms with Crippen LogP contribution in [-0.2, 0) is 0 Å². The summed E-state index contributed by atoms with van der Waals surface area (Å²) in [6.45, 7) is 10.9. The molecule has 1 aliphatic heterocycles. The number of likely N-dealkylation sites (N-methyl/N-ethyl adjacent to an activating group) is 2. The topological polar surface area (TPSA) is 23.6 Å². The van der Waals surface area contributed by atoms with Crippen LogP contribution in [0.3, 0.4) is 0 Å². The molecule has 3 heteroatoms. The Bertz CT molecular complexity index is 334. The Labute approximate surface area is 118 Å². The lowest BCUT2D eigenvalue weighted by Crippen LogP contribution is -2.42. The summed E-state index contributed by atoms with van der Waals surface area (Å²) in [5, 5.41) is 0. The minimum absolute atomic E-state index is 0.745. The van der Waals surface area contributed by atoms with Crippen LogP contribution in [0.15, 0.2) is 24.3 Å². The largest absolute Gasteiger partial charge is 0.304 e. The minimum atomic E-state index is 0.745. The third kappa shape index (κ3) is 8.51. The highest BCUT2D eigenvalue weighted by Gasteiger charge is 2.07. The van der Waals surface area contributed by atoms with Gasteiger partial charge in [-0.15, -0.1) is 0 Å². The standard InChI is InChI=1S/C8H8O.C6H14N2.C2H6/c1-7-3-2-4-8(5-7)6-9;1-7-3-5-8(2)6-4-7;1-2/h2-6H,1H3;3-6H2,1-2H3;1-2H3. The van der Waals surface area contributed by atoms with E-state index in [1.54, 1.807) is 6.07 Å². The summed E-state index contributed by atoms with van der Waals surface area (Å²) < 4.78 is 0. The predicted octanol–water partition coefficient (Wildman–Crippen LogP) is 2.70. The monoisotopic (exact) mass is 264 g/mol. The van der Waals surface area contributed by atoms with Crippen molar-refractivity contribution in [3.05, 3.63) is 35.4 Å². The van der Waals surface area contributed by atoms with E-state index in [-0.39, 0.29) is 0 Å².